The number of hydrogen-bond donors (Lipinski definition) is 2. The topological polar surface area (TPSA) is 92.9 Å². The molecule has 0 saturated heterocycles. The molecule has 156 valence electrons. The second-order valence-electron chi connectivity index (χ2n) is 6.90. The molecule has 4 rings (SSSR count). The van der Waals surface area contributed by atoms with Crippen LogP contribution < -0.4 is 15.6 Å². The van der Waals surface area contributed by atoms with Crippen LogP contribution in [0, 0.1) is 0 Å². The van der Waals surface area contributed by atoms with E-state index in [1.54, 1.807) is 36.4 Å². The Morgan fingerprint density at radius 1 is 1.06 bits per heavy atom. The van der Waals surface area contributed by atoms with E-state index in [0.717, 1.165) is 0 Å². The number of fused-ring (bicyclic) bond motifs is 2. The highest BCUT2D eigenvalue weighted by Gasteiger charge is 2.12. The lowest BCUT2D eigenvalue weighted by Gasteiger charge is -2.14. The highest BCUT2D eigenvalue weighted by molar-refractivity contribution is 5.95. The Hall–Kier alpha value is -4.13. The van der Waals surface area contributed by atoms with Crippen LogP contribution >= 0.6 is 0 Å². The van der Waals surface area contributed by atoms with Crippen molar-refractivity contribution in [2.45, 2.75) is 13.5 Å². The molecule has 0 spiro atoms. The molecular formula is C24H21N3O4. The van der Waals surface area contributed by atoms with Gasteiger partial charge in [0.2, 0.25) is 0 Å². The van der Waals surface area contributed by atoms with Crippen molar-refractivity contribution in [3.63, 3.8) is 0 Å². The molecule has 3 aromatic carbocycles. The van der Waals surface area contributed by atoms with Crippen LogP contribution in [-0.4, -0.2) is 28.4 Å². The second kappa shape index (κ2) is 8.71. The fraction of sp³-hybridized carbons (Fsp3) is 0.125. The van der Waals surface area contributed by atoms with E-state index in [9.17, 15) is 14.7 Å². The summed E-state index contributed by atoms with van der Waals surface area (Å²) in [6, 6.07) is 19.3. The molecule has 0 aliphatic heterocycles. The molecule has 31 heavy (non-hydrogen) atoms. The SMILES string of the molecule is CCOc1cc(/C=N\NC(=O)Cn2c3ccccc3c(=O)c3ccccc32)ccc1O. The molecule has 0 aliphatic rings. The van der Waals surface area contributed by atoms with Crippen LogP contribution in [0.1, 0.15) is 12.5 Å². The van der Waals surface area contributed by atoms with Crippen LogP contribution in [0.2, 0.25) is 0 Å². The van der Waals surface area contributed by atoms with E-state index in [1.807, 2.05) is 35.8 Å². The summed E-state index contributed by atoms with van der Waals surface area (Å²) in [5, 5.41) is 14.9. The Labute approximate surface area is 178 Å². The quantitative estimate of drug-likeness (QED) is 0.287. The van der Waals surface area contributed by atoms with Crippen molar-refractivity contribution in [1.29, 1.82) is 0 Å². The summed E-state index contributed by atoms with van der Waals surface area (Å²) in [7, 11) is 0. The van der Waals surface area contributed by atoms with Gasteiger partial charge in [-0.25, -0.2) is 5.43 Å². The Kier molecular flexibility index (Phi) is 5.66. The summed E-state index contributed by atoms with van der Waals surface area (Å²) in [5.41, 5.74) is 4.50. The fourth-order valence-corrected chi connectivity index (χ4v) is 3.49. The van der Waals surface area contributed by atoms with Crippen molar-refractivity contribution in [1.82, 2.24) is 9.99 Å². The number of amides is 1. The predicted octanol–water partition coefficient (Wildman–Crippen LogP) is 3.41. The van der Waals surface area contributed by atoms with Crippen molar-refractivity contribution < 1.29 is 14.6 Å². The number of ether oxygens (including phenoxy) is 1. The fourth-order valence-electron chi connectivity index (χ4n) is 3.49. The lowest BCUT2D eigenvalue weighted by Crippen LogP contribution is -2.25. The van der Waals surface area contributed by atoms with Crippen molar-refractivity contribution in [3.05, 3.63) is 82.5 Å². The lowest BCUT2D eigenvalue weighted by molar-refractivity contribution is -0.121. The maximum absolute atomic E-state index is 12.8. The summed E-state index contributed by atoms with van der Waals surface area (Å²) < 4.78 is 7.16. The van der Waals surface area contributed by atoms with Gasteiger partial charge in [0.15, 0.2) is 16.9 Å². The van der Waals surface area contributed by atoms with Gasteiger partial charge in [-0.3, -0.25) is 9.59 Å². The average molecular weight is 415 g/mol. The first-order valence-corrected chi connectivity index (χ1v) is 9.86. The summed E-state index contributed by atoms with van der Waals surface area (Å²) in [4.78, 5) is 25.4. The zero-order chi connectivity index (χ0) is 21.8. The first-order chi connectivity index (χ1) is 15.1. The van der Waals surface area contributed by atoms with Crippen LogP contribution in [-0.2, 0) is 11.3 Å². The van der Waals surface area contributed by atoms with E-state index in [0.29, 0.717) is 39.7 Å². The Morgan fingerprint density at radius 2 is 1.71 bits per heavy atom. The van der Waals surface area contributed by atoms with Crippen LogP contribution in [0.25, 0.3) is 21.8 Å². The van der Waals surface area contributed by atoms with Crippen LogP contribution in [0.4, 0.5) is 0 Å². The lowest BCUT2D eigenvalue weighted by atomic mass is 10.1. The zero-order valence-corrected chi connectivity index (χ0v) is 16.9. The summed E-state index contributed by atoms with van der Waals surface area (Å²) in [6.45, 7) is 2.25. The average Bonchev–Trinajstić information content (AvgIpc) is 2.79. The zero-order valence-electron chi connectivity index (χ0n) is 16.9. The molecular weight excluding hydrogens is 394 g/mol. The van der Waals surface area contributed by atoms with Gasteiger partial charge in [0.25, 0.3) is 5.91 Å². The molecule has 1 aromatic heterocycles. The van der Waals surface area contributed by atoms with Gasteiger partial charge in [-0.05, 0) is 55.0 Å². The molecule has 0 bridgehead atoms. The summed E-state index contributed by atoms with van der Waals surface area (Å²) >= 11 is 0. The number of rotatable bonds is 6. The number of para-hydroxylation sites is 2. The Bertz CT molecular complexity index is 1300. The second-order valence-corrected chi connectivity index (χ2v) is 6.90. The standard InChI is InChI=1S/C24H21N3O4/c1-2-31-22-13-16(11-12-21(22)28)14-25-26-23(29)15-27-19-9-5-3-7-17(19)24(30)18-8-4-6-10-20(18)27/h3-14,28H,2,15H2,1H3,(H,26,29)/b25-14-. The first kappa shape index (κ1) is 20.2. The maximum atomic E-state index is 12.8. The molecule has 1 amide bonds. The van der Waals surface area contributed by atoms with Crippen molar-refractivity contribution >= 4 is 33.9 Å². The molecule has 7 heteroatoms. The van der Waals surface area contributed by atoms with Crippen molar-refractivity contribution in [3.8, 4) is 11.5 Å². The van der Waals surface area contributed by atoms with Crippen LogP contribution in [0.15, 0.2) is 76.6 Å². The minimum Gasteiger partial charge on any atom is -0.504 e. The molecule has 7 nitrogen and oxygen atoms in total. The van der Waals surface area contributed by atoms with E-state index in [4.69, 9.17) is 4.74 Å². The third-order valence-corrected chi connectivity index (χ3v) is 4.87. The van der Waals surface area contributed by atoms with Gasteiger partial charge in [0.05, 0.1) is 23.9 Å². The maximum Gasteiger partial charge on any atom is 0.260 e. The number of nitrogens with zero attached hydrogens (tertiary/aromatic N) is 2. The first-order valence-electron chi connectivity index (χ1n) is 9.86. The summed E-state index contributed by atoms with van der Waals surface area (Å²) in [6.07, 6.45) is 1.47. The molecule has 0 radical (unpaired) electrons. The smallest absolute Gasteiger partial charge is 0.260 e. The van der Waals surface area contributed by atoms with Gasteiger partial charge in [-0.2, -0.15) is 5.10 Å². The Morgan fingerprint density at radius 3 is 2.35 bits per heavy atom. The van der Waals surface area contributed by atoms with Gasteiger partial charge >= 0.3 is 0 Å². The number of phenolic OH excluding ortho intramolecular Hbond substituents is 1. The third-order valence-electron chi connectivity index (χ3n) is 4.87. The largest absolute Gasteiger partial charge is 0.504 e. The van der Waals surface area contributed by atoms with E-state index in [1.165, 1.54) is 12.3 Å². The number of carbonyl (C=O) groups excluding carboxylic acids is 1. The third kappa shape index (κ3) is 4.11. The normalized spacial score (nSPS) is 11.3. The minimum atomic E-state index is -0.334. The van der Waals surface area contributed by atoms with E-state index >= 15 is 0 Å². The number of aromatic hydroxyl groups is 1. The molecule has 0 aliphatic carbocycles. The molecule has 2 N–H and O–H groups in total. The molecule has 0 fully saturated rings. The van der Waals surface area contributed by atoms with Gasteiger partial charge in [0, 0.05) is 10.8 Å². The molecule has 4 aromatic rings. The highest BCUT2D eigenvalue weighted by atomic mass is 16.5. The number of aromatic nitrogens is 1. The minimum absolute atomic E-state index is 0.00157. The van der Waals surface area contributed by atoms with Gasteiger partial charge in [-0.15, -0.1) is 0 Å². The molecule has 0 unspecified atom stereocenters. The number of hydrogen-bond acceptors (Lipinski definition) is 5. The van der Waals surface area contributed by atoms with E-state index in [2.05, 4.69) is 10.5 Å². The number of carbonyl (C=O) groups is 1. The number of phenols is 1. The van der Waals surface area contributed by atoms with Gasteiger partial charge < -0.3 is 14.4 Å². The van der Waals surface area contributed by atoms with E-state index < -0.39 is 0 Å². The highest BCUT2D eigenvalue weighted by Crippen LogP contribution is 2.26. The van der Waals surface area contributed by atoms with Crippen LogP contribution in [0.3, 0.4) is 0 Å². The number of benzene rings is 3. The van der Waals surface area contributed by atoms with Crippen LogP contribution in [0.5, 0.6) is 11.5 Å². The molecule has 1 heterocycles. The number of nitrogens with one attached hydrogen (secondary N) is 1. The molecule has 0 saturated carbocycles. The predicted molar refractivity (Wildman–Crippen MR) is 121 cm³/mol. The monoisotopic (exact) mass is 415 g/mol. The van der Waals surface area contributed by atoms with Gasteiger partial charge in [0.1, 0.15) is 6.54 Å². The number of hydrazone groups is 1. The summed E-state index contributed by atoms with van der Waals surface area (Å²) in [5.74, 6) is 0.0583. The van der Waals surface area contributed by atoms with E-state index in [-0.39, 0.29) is 23.6 Å². The van der Waals surface area contributed by atoms with Gasteiger partial charge in [-0.1, -0.05) is 24.3 Å². The number of pyridine rings is 1. The molecule has 0 atom stereocenters. The van der Waals surface area contributed by atoms with Crippen molar-refractivity contribution in [2.24, 2.45) is 5.10 Å². The Balaban J connectivity index is 1.59. The van der Waals surface area contributed by atoms with Crippen molar-refractivity contribution in [2.75, 3.05) is 6.61 Å².